The van der Waals surface area contributed by atoms with Gasteiger partial charge in [-0.15, -0.1) is 0 Å². The lowest BCUT2D eigenvalue weighted by Gasteiger charge is -2.57. The van der Waals surface area contributed by atoms with Crippen molar-refractivity contribution in [3.63, 3.8) is 0 Å². The molecule has 3 aromatic rings. The van der Waals surface area contributed by atoms with Crippen molar-refractivity contribution in [2.75, 3.05) is 24.5 Å². The number of nitrogens with zero attached hydrogens (tertiary/aromatic N) is 5. The molecule has 2 aromatic heterocycles. The first-order valence-corrected chi connectivity index (χ1v) is 13.8. The molecule has 8 rings (SSSR count). The fourth-order valence-electron chi connectivity index (χ4n) is 8.03. The number of fused-ring (bicyclic) bond motifs is 1. The van der Waals surface area contributed by atoms with Crippen LogP contribution in [0, 0.1) is 35.0 Å². The predicted octanol–water partition coefficient (Wildman–Crippen LogP) is 5.10. The number of likely N-dealkylation sites (tertiary alicyclic amines) is 1. The summed E-state index contributed by atoms with van der Waals surface area (Å²) in [6.07, 6.45) is 6.42. The Bertz CT molecular complexity index is 1570. The van der Waals surface area contributed by atoms with E-state index in [-0.39, 0.29) is 22.8 Å². The summed E-state index contributed by atoms with van der Waals surface area (Å²) in [4.78, 5) is 21.8. The highest BCUT2D eigenvalue weighted by Gasteiger charge is 2.56. The van der Waals surface area contributed by atoms with Crippen molar-refractivity contribution in [3.05, 3.63) is 53.4 Å². The third-order valence-corrected chi connectivity index (χ3v) is 10.7. The number of benzene rings is 1. The molecule has 2 saturated heterocycles. The number of nitriles is 1. The van der Waals surface area contributed by atoms with Crippen LogP contribution in [0.5, 0.6) is 0 Å². The monoisotopic (exact) mass is 506 g/mol. The number of rotatable bonds is 3. The third-order valence-electron chi connectivity index (χ3n) is 10.7. The molecule has 194 valence electrons. The summed E-state index contributed by atoms with van der Waals surface area (Å²) in [5.74, 6) is 1.83. The van der Waals surface area contributed by atoms with Crippen LogP contribution in [0.4, 0.5) is 5.82 Å². The van der Waals surface area contributed by atoms with Gasteiger partial charge in [-0.2, -0.15) is 10.4 Å². The van der Waals surface area contributed by atoms with Gasteiger partial charge in [0.25, 0.3) is 0 Å². The van der Waals surface area contributed by atoms with Gasteiger partial charge in [-0.25, -0.2) is 4.98 Å². The molecule has 1 spiro atoms. The van der Waals surface area contributed by atoms with E-state index in [1.54, 1.807) is 0 Å². The van der Waals surface area contributed by atoms with Gasteiger partial charge >= 0.3 is 0 Å². The molecule has 1 N–H and O–H groups in total. The number of aryl methyl sites for hydroxylation is 1. The number of amides is 1. The number of carbonyl (C=O) groups excluding carboxylic acids is 1. The van der Waals surface area contributed by atoms with Gasteiger partial charge in [0.1, 0.15) is 17.5 Å². The van der Waals surface area contributed by atoms with Crippen molar-refractivity contribution in [1.29, 1.82) is 5.26 Å². The Morgan fingerprint density at radius 2 is 2.08 bits per heavy atom. The minimum Gasteiger partial charge on any atom is -0.352 e. The molecule has 0 unspecified atom stereocenters. The molecule has 3 atom stereocenters. The maximum Gasteiger partial charge on any atom is 0.245 e. The SMILES string of the molecule is C=CC(=O)N1CC2(CCN(c3nc4c(c(-c5c(C)ccc6[nH]ncc56)c3C#N)C[C@H]3C[C@@H]4C3(C)C)[C@H]2C)C1. The molecule has 0 radical (unpaired) electrons. The Morgan fingerprint density at radius 3 is 2.79 bits per heavy atom. The highest BCUT2D eigenvalue weighted by molar-refractivity contribution is 6.00. The molecule has 4 heterocycles. The minimum absolute atomic E-state index is 0.00127. The number of pyridine rings is 1. The molecular weight excluding hydrogens is 472 g/mol. The first-order valence-electron chi connectivity index (χ1n) is 13.8. The number of anilines is 1. The van der Waals surface area contributed by atoms with Gasteiger partial charge in [-0.1, -0.05) is 26.5 Å². The summed E-state index contributed by atoms with van der Waals surface area (Å²) in [7, 11) is 0. The van der Waals surface area contributed by atoms with Crippen molar-refractivity contribution in [2.24, 2.45) is 16.7 Å². The van der Waals surface area contributed by atoms with Gasteiger partial charge in [0.2, 0.25) is 5.91 Å². The molecule has 38 heavy (non-hydrogen) atoms. The predicted molar refractivity (Wildman–Crippen MR) is 148 cm³/mol. The molecule has 7 heteroatoms. The zero-order valence-electron chi connectivity index (χ0n) is 22.6. The van der Waals surface area contributed by atoms with E-state index < -0.39 is 0 Å². The zero-order chi connectivity index (χ0) is 26.6. The second kappa shape index (κ2) is 7.69. The highest BCUT2D eigenvalue weighted by atomic mass is 16.2. The van der Waals surface area contributed by atoms with Gasteiger partial charge < -0.3 is 9.80 Å². The summed E-state index contributed by atoms with van der Waals surface area (Å²) in [6.45, 7) is 15.1. The summed E-state index contributed by atoms with van der Waals surface area (Å²) in [6, 6.07) is 7.01. The molecule has 1 aromatic carbocycles. The first kappa shape index (κ1) is 23.5. The van der Waals surface area contributed by atoms with E-state index in [1.807, 2.05) is 11.1 Å². The number of nitrogens with one attached hydrogen (secondary N) is 1. The Hall–Kier alpha value is -3.66. The second-order valence-corrected chi connectivity index (χ2v) is 12.6. The minimum atomic E-state index is -0.00127. The van der Waals surface area contributed by atoms with Crippen LogP contribution in [0.1, 0.15) is 61.9 Å². The van der Waals surface area contributed by atoms with Crippen LogP contribution in [0.15, 0.2) is 31.0 Å². The van der Waals surface area contributed by atoms with Crippen molar-refractivity contribution >= 4 is 22.6 Å². The molecule has 3 fully saturated rings. The molecular formula is C31H34N6O. The Morgan fingerprint density at radius 1 is 1.29 bits per heavy atom. The molecule has 2 bridgehead atoms. The molecule has 1 amide bonds. The number of aromatic nitrogens is 3. The largest absolute Gasteiger partial charge is 0.352 e. The number of hydrogen-bond donors (Lipinski definition) is 1. The van der Waals surface area contributed by atoms with Gasteiger partial charge in [-0.3, -0.25) is 9.89 Å². The lowest BCUT2D eigenvalue weighted by atomic mass is 9.48. The normalized spacial score (nSPS) is 26.0. The standard InChI is InChI=1S/C31H34N6O/c1-6-25(38)36-15-31(16-36)9-10-37(18(31)3)29-21(13-32)27(26-17(2)7-8-24-22(26)14-33-35-24)20-11-19-12-23(28(20)34-29)30(19,4)5/h6-8,14,18-19,23H,1,9-12,15-16H2,2-5H3,(H,33,35)/t18-,19-,23-/m0/s1. The average molecular weight is 507 g/mol. The van der Waals surface area contributed by atoms with Crippen molar-refractivity contribution < 1.29 is 4.79 Å². The van der Waals surface area contributed by atoms with Crippen LogP contribution in [0.25, 0.3) is 22.0 Å². The van der Waals surface area contributed by atoms with Crippen molar-refractivity contribution in [2.45, 2.75) is 58.9 Å². The van der Waals surface area contributed by atoms with E-state index in [1.165, 1.54) is 23.8 Å². The Balaban J connectivity index is 1.42. The van der Waals surface area contributed by atoms with Crippen LogP contribution in [-0.4, -0.2) is 51.7 Å². The number of carbonyl (C=O) groups is 1. The van der Waals surface area contributed by atoms with Crippen LogP contribution in [0.2, 0.25) is 0 Å². The van der Waals surface area contributed by atoms with Crippen LogP contribution < -0.4 is 4.90 Å². The van der Waals surface area contributed by atoms with Gasteiger partial charge in [0.05, 0.1) is 17.4 Å². The van der Waals surface area contributed by atoms with Crippen LogP contribution >= 0.6 is 0 Å². The maximum atomic E-state index is 12.2. The average Bonchev–Trinajstić information content (AvgIpc) is 3.50. The van der Waals surface area contributed by atoms with E-state index >= 15 is 0 Å². The van der Waals surface area contributed by atoms with E-state index in [4.69, 9.17) is 4.98 Å². The Labute approximate surface area is 223 Å². The van der Waals surface area contributed by atoms with E-state index in [9.17, 15) is 10.1 Å². The molecule has 2 aliphatic heterocycles. The number of hydrogen-bond acceptors (Lipinski definition) is 5. The van der Waals surface area contributed by atoms with E-state index in [0.29, 0.717) is 17.4 Å². The lowest BCUT2D eigenvalue weighted by molar-refractivity contribution is -0.138. The van der Waals surface area contributed by atoms with Crippen molar-refractivity contribution in [1.82, 2.24) is 20.1 Å². The number of aromatic amines is 1. The fraction of sp³-hybridized carbons (Fsp3) is 0.484. The summed E-state index contributed by atoms with van der Waals surface area (Å²) < 4.78 is 0. The molecule has 5 aliphatic rings. The van der Waals surface area contributed by atoms with Crippen molar-refractivity contribution in [3.8, 4) is 17.2 Å². The lowest BCUT2D eigenvalue weighted by Crippen LogP contribution is -2.62. The Kier molecular flexibility index (Phi) is 4.75. The van der Waals surface area contributed by atoms with E-state index in [0.717, 1.165) is 65.9 Å². The van der Waals surface area contributed by atoms with Crippen LogP contribution in [0.3, 0.4) is 0 Å². The molecule has 1 saturated carbocycles. The summed E-state index contributed by atoms with van der Waals surface area (Å²) in [5, 5.41) is 19.3. The topological polar surface area (TPSA) is 88.9 Å². The van der Waals surface area contributed by atoms with Gasteiger partial charge in [-0.05, 0) is 73.3 Å². The van der Waals surface area contributed by atoms with Gasteiger partial charge in [0.15, 0.2) is 0 Å². The highest BCUT2D eigenvalue weighted by Crippen LogP contribution is 2.63. The fourth-order valence-corrected chi connectivity index (χ4v) is 8.03. The smallest absolute Gasteiger partial charge is 0.245 e. The first-order chi connectivity index (χ1) is 18.2. The quantitative estimate of drug-likeness (QED) is 0.499. The zero-order valence-corrected chi connectivity index (χ0v) is 22.6. The number of H-pyrrole nitrogens is 1. The summed E-state index contributed by atoms with van der Waals surface area (Å²) in [5.41, 5.74) is 7.69. The van der Waals surface area contributed by atoms with Crippen LogP contribution in [-0.2, 0) is 11.2 Å². The maximum absolute atomic E-state index is 12.2. The van der Waals surface area contributed by atoms with Gasteiger partial charge in [0, 0.05) is 48.0 Å². The summed E-state index contributed by atoms with van der Waals surface area (Å²) >= 11 is 0. The second-order valence-electron chi connectivity index (χ2n) is 12.6. The molecule has 3 aliphatic carbocycles. The molecule has 7 nitrogen and oxygen atoms in total. The van der Waals surface area contributed by atoms with E-state index in [2.05, 4.69) is 67.6 Å². The third kappa shape index (κ3) is 2.86.